The van der Waals surface area contributed by atoms with Gasteiger partial charge in [0, 0.05) is 6.42 Å². The molecule has 0 saturated heterocycles. The van der Waals surface area contributed by atoms with Gasteiger partial charge in [-0.2, -0.15) is 0 Å². The molecule has 0 unspecified atom stereocenters. The van der Waals surface area contributed by atoms with Gasteiger partial charge in [0.2, 0.25) is 0 Å². The number of aliphatic carboxylic acids is 1. The van der Waals surface area contributed by atoms with Crippen LogP contribution >= 0.6 is 0 Å². The molecule has 0 radical (unpaired) electrons. The highest BCUT2D eigenvalue weighted by atomic mass is 16.4. The molecule has 0 spiro atoms. The van der Waals surface area contributed by atoms with Crippen LogP contribution in [0.4, 0.5) is 0 Å². The Morgan fingerprint density at radius 3 is 2.64 bits per heavy atom. The third-order valence-electron chi connectivity index (χ3n) is 2.89. The molecule has 3 N–H and O–H groups in total. The van der Waals surface area contributed by atoms with Gasteiger partial charge >= 0.3 is 5.97 Å². The number of hydrogen-bond acceptors (Lipinski definition) is 2. The summed E-state index contributed by atoms with van der Waals surface area (Å²) in [4.78, 5) is 11.0. The monoisotopic (exact) mass is 191 g/mol. The molecular formula is C11H13NO2. The van der Waals surface area contributed by atoms with E-state index in [0.717, 1.165) is 12.0 Å². The minimum absolute atomic E-state index is 0.443. The molecule has 0 heterocycles. The molecule has 1 aromatic carbocycles. The van der Waals surface area contributed by atoms with E-state index in [1.54, 1.807) is 0 Å². The summed E-state index contributed by atoms with van der Waals surface area (Å²) in [6, 6.07) is 7.89. The van der Waals surface area contributed by atoms with Gasteiger partial charge < -0.3 is 10.8 Å². The topological polar surface area (TPSA) is 63.3 Å². The number of benzene rings is 1. The van der Waals surface area contributed by atoms with E-state index in [0.29, 0.717) is 12.8 Å². The zero-order valence-electron chi connectivity index (χ0n) is 7.86. The number of nitrogens with two attached hydrogens (primary N) is 1. The summed E-state index contributed by atoms with van der Waals surface area (Å²) in [5.41, 5.74) is 7.06. The Morgan fingerprint density at radius 2 is 2.00 bits per heavy atom. The summed E-state index contributed by atoms with van der Waals surface area (Å²) in [6.45, 7) is 0. The summed E-state index contributed by atoms with van der Waals surface area (Å²) in [6.07, 6.45) is 1.73. The highest BCUT2D eigenvalue weighted by Gasteiger charge is 2.37. The third kappa shape index (κ3) is 1.40. The van der Waals surface area contributed by atoms with Gasteiger partial charge in [-0.1, -0.05) is 24.3 Å². The lowest BCUT2D eigenvalue weighted by Crippen LogP contribution is -2.52. The number of carboxylic acid groups (broad SMARTS) is 1. The fourth-order valence-electron chi connectivity index (χ4n) is 1.94. The SMILES string of the molecule is N[C@]1(C(=O)O)CCc2ccccc2C1. The second-order valence-electron chi connectivity index (χ2n) is 3.91. The first-order chi connectivity index (χ1) is 6.62. The van der Waals surface area contributed by atoms with Crippen LogP contribution in [-0.2, 0) is 17.6 Å². The molecule has 0 saturated carbocycles. The van der Waals surface area contributed by atoms with Crippen LogP contribution in [0.2, 0.25) is 0 Å². The molecule has 1 aliphatic rings. The maximum absolute atomic E-state index is 11.0. The Morgan fingerprint density at radius 1 is 1.36 bits per heavy atom. The average molecular weight is 191 g/mol. The van der Waals surface area contributed by atoms with E-state index in [-0.39, 0.29) is 0 Å². The second-order valence-corrected chi connectivity index (χ2v) is 3.91. The summed E-state index contributed by atoms with van der Waals surface area (Å²) >= 11 is 0. The molecule has 3 heteroatoms. The molecule has 0 aliphatic heterocycles. The zero-order valence-corrected chi connectivity index (χ0v) is 7.86. The fourth-order valence-corrected chi connectivity index (χ4v) is 1.94. The van der Waals surface area contributed by atoms with Crippen LogP contribution in [0.5, 0.6) is 0 Å². The number of carboxylic acids is 1. The fraction of sp³-hybridized carbons (Fsp3) is 0.364. The van der Waals surface area contributed by atoms with Crippen LogP contribution in [0.1, 0.15) is 17.5 Å². The van der Waals surface area contributed by atoms with Crippen molar-refractivity contribution < 1.29 is 9.90 Å². The van der Waals surface area contributed by atoms with Crippen molar-refractivity contribution in [1.29, 1.82) is 0 Å². The van der Waals surface area contributed by atoms with Crippen LogP contribution in [0.15, 0.2) is 24.3 Å². The lowest BCUT2D eigenvalue weighted by Gasteiger charge is -2.30. The minimum Gasteiger partial charge on any atom is -0.480 e. The van der Waals surface area contributed by atoms with E-state index in [9.17, 15) is 4.79 Å². The first kappa shape index (κ1) is 9.21. The van der Waals surface area contributed by atoms with Crippen LogP contribution in [0.25, 0.3) is 0 Å². The number of carbonyl (C=O) groups is 1. The summed E-state index contributed by atoms with van der Waals surface area (Å²) in [5.74, 6) is -0.896. The van der Waals surface area contributed by atoms with Crippen molar-refractivity contribution in [2.24, 2.45) is 5.73 Å². The zero-order chi connectivity index (χ0) is 10.2. The predicted molar refractivity (Wildman–Crippen MR) is 53.0 cm³/mol. The van der Waals surface area contributed by atoms with Crippen molar-refractivity contribution >= 4 is 5.97 Å². The van der Waals surface area contributed by atoms with Gasteiger partial charge in [0.15, 0.2) is 0 Å². The Hall–Kier alpha value is -1.35. The normalized spacial score (nSPS) is 25.5. The van der Waals surface area contributed by atoms with Crippen molar-refractivity contribution in [3.05, 3.63) is 35.4 Å². The third-order valence-corrected chi connectivity index (χ3v) is 2.89. The average Bonchev–Trinajstić information content (AvgIpc) is 2.17. The predicted octanol–water partition coefficient (Wildman–Crippen LogP) is 0.957. The van der Waals surface area contributed by atoms with Crippen molar-refractivity contribution in [1.82, 2.24) is 0 Å². The molecule has 14 heavy (non-hydrogen) atoms. The van der Waals surface area contributed by atoms with Gasteiger partial charge in [0.25, 0.3) is 0 Å². The standard InChI is InChI=1S/C11H13NO2/c12-11(10(13)14)6-5-8-3-1-2-4-9(8)7-11/h1-4H,5-7,12H2,(H,13,14)/t11-/m1/s1. The van der Waals surface area contributed by atoms with E-state index in [1.165, 1.54) is 5.56 Å². The molecule has 1 aromatic rings. The van der Waals surface area contributed by atoms with Gasteiger partial charge in [0.05, 0.1) is 0 Å². The smallest absolute Gasteiger partial charge is 0.324 e. The first-order valence-electron chi connectivity index (χ1n) is 4.71. The maximum atomic E-state index is 11.0. The molecule has 1 atom stereocenters. The number of rotatable bonds is 1. The Balaban J connectivity index is 2.34. The number of aryl methyl sites for hydroxylation is 1. The number of hydrogen-bond donors (Lipinski definition) is 2. The van der Waals surface area contributed by atoms with E-state index in [1.807, 2.05) is 24.3 Å². The molecule has 0 amide bonds. The molecule has 74 valence electrons. The Kier molecular flexibility index (Phi) is 2.04. The Bertz CT molecular complexity index is 375. The first-order valence-corrected chi connectivity index (χ1v) is 4.71. The maximum Gasteiger partial charge on any atom is 0.324 e. The van der Waals surface area contributed by atoms with Gasteiger partial charge in [-0.15, -0.1) is 0 Å². The van der Waals surface area contributed by atoms with E-state index in [2.05, 4.69) is 0 Å². The van der Waals surface area contributed by atoms with Gasteiger partial charge in [-0.05, 0) is 24.0 Å². The summed E-state index contributed by atoms with van der Waals surface area (Å²) in [5, 5.41) is 9.00. The molecule has 0 fully saturated rings. The van der Waals surface area contributed by atoms with Crippen molar-refractivity contribution in [3.63, 3.8) is 0 Å². The summed E-state index contributed by atoms with van der Waals surface area (Å²) < 4.78 is 0. The minimum atomic E-state index is -1.06. The van der Waals surface area contributed by atoms with Gasteiger partial charge in [-0.25, -0.2) is 0 Å². The molecule has 1 aliphatic carbocycles. The lowest BCUT2D eigenvalue weighted by atomic mass is 9.79. The van der Waals surface area contributed by atoms with E-state index in [4.69, 9.17) is 10.8 Å². The van der Waals surface area contributed by atoms with Gasteiger partial charge in [-0.3, -0.25) is 4.79 Å². The molecular weight excluding hydrogens is 178 g/mol. The van der Waals surface area contributed by atoms with Crippen LogP contribution in [0.3, 0.4) is 0 Å². The second kappa shape index (κ2) is 3.10. The molecule has 3 nitrogen and oxygen atoms in total. The molecule has 2 rings (SSSR count). The highest BCUT2D eigenvalue weighted by Crippen LogP contribution is 2.26. The van der Waals surface area contributed by atoms with Crippen molar-refractivity contribution in [2.45, 2.75) is 24.8 Å². The molecule has 0 aromatic heterocycles. The molecule has 0 bridgehead atoms. The van der Waals surface area contributed by atoms with Gasteiger partial charge in [0.1, 0.15) is 5.54 Å². The largest absolute Gasteiger partial charge is 0.480 e. The van der Waals surface area contributed by atoms with Crippen LogP contribution < -0.4 is 5.73 Å². The van der Waals surface area contributed by atoms with Crippen LogP contribution in [0, 0.1) is 0 Å². The lowest BCUT2D eigenvalue weighted by molar-refractivity contribution is -0.143. The van der Waals surface area contributed by atoms with E-state index >= 15 is 0 Å². The van der Waals surface area contributed by atoms with E-state index < -0.39 is 11.5 Å². The van der Waals surface area contributed by atoms with Crippen molar-refractivity contribution in [3.8, 4) is 0 Å². The summed E-state index contributed by atoms with van der Waals surface area (Å²) in [7, 11) is 0. The van der Waals surface area contributed by atoms with Crippen molar-refractivity contribution in [2.75, 3.05) is 0 Å². The number of fused-ring (bicyclic) bond motifs is 1. The quantitative estimate of drug-likeness (QED) is 0.694. The Labute approximate surface area is 82.5 Å². The highest BCUT2D eigenvalue weighted by molar-refractivity contribution is 5.79. The van der Waals surface area contributed by atoms with Crippen LogP contribution in [-0.4, -0.2) is 16.6 Å².